The lowest BCUT2D eigenvalue weighted by Crippen LogP contribution is -2.50. The lowest BCUT2D eigenvalue weighted by molar-refractivity contribution is -0.135. The molecule has 2 amide bonds. The minimum Gasteiger partial charge on any atom is -0.368 e. The third-order valence-corrected chi connectivity index (χ3v) is 2.50. The third-order valence-electron chi connectivity index (χ3n) is 2.50. The molecule has 0 fully saturated rings. The van der Waals surface area contributed by atoms with Gasteiger partial charge in [0.2, 0.25) is 11.8 Å². The smallest absolute Gasteiger partial charge is 0.237 e. The molecule has 5 heteroatoms. The zero-order chi connectivity index (χ0) is 14.5. The first-order valence-electron chi connectivity index (χ1n) is 6.17. The summed E-state index contributed by atoms with van der Waals surface area (Å²) in [6.45, 7) is 3.79. The Labute approximate surface area is 113 Å². The normalized spacial score (nSPS) is 11.1. The molecule has 0 bridgehead atoms. The van der Waals surface area contributed by atoms with Crippen molar-refractivity contribution in [2.45, 2.75) is 25.8 Å². The van der Waals surface area contributed by atoms with Crippen LogP contribution in [0, 0.1) is 0 Å². The number of primary amides is 1. The maximum absolute atomic E-state index is 12.2. The first kappa shape index (κ1) is 15.2. The largest absolute Gasteiger partial charge is 0.368 e. The summed E-state index contributed by atoms with van der Waals surface area (Å²) in [5.74, 6) is -0.686. The van der Waals surface area contributed by atoms with Crippen molar-refractivity contribution in [2.75, 3.05) is 13.1 Å². The molecule has 0 spiro atoms. The van der Waals surface area contributed by atoms with Gasteiger partial charge < -0.3 is 16.4 Å². The molecule has 5 nitrogen and oxygen atoms in total. The molecule has 0 unspecified atom stereocenters. The molecule has 4 N–H and O–H groups in total. The van der Waals surface area contributed by atoms with Crippen LogP contribution in [0.1, 0.15) is 19.4 Å². The van der Waals surface area contributed by atoms with Crippen molar-refractivity contribution >= 4 is 11.8 Å². The van der Waals surface area contributed by atoms with E-state index in [1.54, 1.807) is 13.8 Å². The molecule has 1 aromatic carbocycles. The van der Waals surface area contributed by atoms with Crippen LogP contribution < -0.4 is 11.5 Å². The van der Waals surface area contributed by atoms with E-state index >= 15 is 0 Å². The highest BCUT2D eigenvalue weighted by Crippen LogP contribution is 2.06. The summed E-state index contributed by atoms with van der Waals surface area (Å²) < 4.78 is 0. The van der Waals surface area contributed by atoms with Gasteiger partial charge in [-0.1, -0.05) is 30.3 Å². The van der Waals surface area contributed by atoms with Crippen molar-refractivity contribution in [1.29, 1.82) is 0 Å². The van der Waals surface area contributed by atoms with Crippen molar-refractivity contribution < 1.29 is 9.59 Å². The Balaban J connectivity index is 2.74. The van der Waals surface area contributed by atoms with Crippen LogP contribution >= 0.6 is 0 Å². The van der Waals surface area contributed by atoms with Gasteiger partial charge in [0.15, 0.2) is 0 Å². The second-order valence-electron chi connectivity index (χ2n) is 5.37. The Kier molecular flexibility index (Phi) is 5.06. The van der Waals surface area contributed by atoms with Gasteiger partial charge in [0.1, 0.15) is 0 Å². The molecule has 0 aliphatic rings. The van der Waals surface area contributed by atoms with Gasteiger partial charge in [0, 0.05) is 12.1 Å². The molecule has 1 rings (SSSR count). The fourth-order valence-corrected chi connectivity index (χ4v) is 1.79. The number of amides is 2. The Morgan fingerprint density at radius 2 is 1.79 bits per heavy atom. The predicted molar refractivity (Wildman–Crippen MR) is 74.2 cm³/mol. The fraction of sp³-hybridized carbons (Fsp3) is 0.429. The molecule has 1 aromatic rings. The topological polar surface area (TPSA) is 89.4 Å². The average molecular weight is 263 g/mol. The summed E-state index contributed by atoms with van der Waals surface area (Å²) in [6, 6.07) is 9.36. The van der Waals surface area contributed by atoms with Crippen LogP contribution in [-0.2, 0) is 16.0 Å². The summed E-state index contributed by atoms with van der Waals surface area (Å²) >= 11 is 0. The summed E-state index contributed by atoms with van der Waals surface area (Å²) in [4.78, 5) is 24.6. The number of rotatable bonds is 6. The maximum atomic E-state index is 12.2. The van der Waals surface area contributed by atoms with Crippen molar-refractivity contribution in [2.24, 2.45) is 11.5 Å². The van der Waals surface area contributed by atoms with Gasteiger partial charge in [-0.3, -0.25) is 9.59 Å². The molecular weight excluding hydrogens is 242 g/mol. The van der Waals surface area contributed by atoms with Crippen LogP contribution in [0.2, 0.25) is 0 Å². The van der Waals surface area contributed by atoms with Crippen molar-refractivity contribution in [3.05, 3.63) is 35.9 Å². The van der Waals surface area contributed by atoms with Gasteiger partial charge in [-0.05, 0) is 19.4 Å². The van der Waals surface area contributed by atoms with Gasteiger partial charge in [-0.25, -0.2) is 0 Å². The van der Waals surface area contributed by atoms with Gasteiger partial charge in [-0.2, -0.15) is 0 Å². The van der Waals surface area contributed by atoms with Crippen LogP contribution in [0.3, 0.4) is 0 Å². The van der Waals surface area contributed by atoms with E-state index in [9.17, 15) is 9.59 Å². The second-order valence-corrected chi connectivity index (χ2v) is 5.37. The SMILES string of the molecule is CC(C)(N)CN(CC(N)=O)C(=O)Cc1ccccc1. The summed E-state index contributed by atoms with van der Waals surface area (Å²) in [5.41, 5.74) is 11.4. The van der Waals surface area contributed by atoms with Crippen LogP contribution in [0.4, 0.5) is 0 Å². The lowest BCUT2D eigenvalue weighted by Gasteiger charge is -2.29. The predicted octanol–water partition coefficient (Wildman–Crippen LogP) is 0.280. The standard InChI is InChI=1S/C14H21N3O2/c1-14(2,16)10-17(9-12(15)18)13(19)8-11-6-4-3-5-7-11/h3-7H,8-10,16H2,1-2H3,(H2,15,18). The number of hydrogen-bond acceptors (Lipinski definition) is 3. The zero-order valence-electron chi connectivity index (χ0n) is 11.4. The Hall–Kier alpha value is -1.88. The average Bonchev–Trinajstić information content (AvgIpc) is 2.27. The first-order valence-corrected chi connectivity index (χ1v) is 6.17. The molecule has 19 heavy (non-hydrogen) atoms. The van der Waals surface area contributed by atoms with Crippen LogP contribution in [0.15, 0.2) is 30.3 Å². The number of nitrogens with two attached hydrogens (primary N) is 2. The van der Waals surface area contributed by atoms with E-state index < -0.39 is 11.4 Å². The van der Waals surface area contributed by atoms with E-state index in [-0.39, 0.29) is 18.9 Å². The first-order chi connectivity index (χ1) is 8.78. The number of carbonyl (C=O) groups is 2. The summed E-state index contributed by atoms with van der Waals surface area (Å²) in [5, 5.41) is 0. The molecular formula is C14H21N3O2. The minimum absolute atomic E-state index is 0.105. The second kappa shape index (κ2) is 6.33. The highest BCUT2D eigenvalue weighted by molar-refractivity contribution is 5.85. The van der Waals surface area contributed by atoms with E-state index in [4.69, 9.17) is 11.5 Å². The number of hydrogen-bond donors (Lipinski definition) is 2. The Bertz CT molecular complexity index is 438. The highest BCUT2D eigenvalue weighted by atomic mass is 16.2. The van der Waals surface area contributed by atoms with Gasteiger partial charge in [0.25, 0.3) is 0 Å². The Morgan fingerprint density at radius 3 is 2.26 bits per heavy atom. The van der Waals surface area contributed by atoms with E-state index in [0.29, 0.717) is 6.54 Å². The van der Waals surface area contributed by atoms with Crippen LogP contribution in [0.5, 0.6) is 0 Å². The van der Waals surface area contributed by atoms with E-state index in [2.05, 4.69) is 0 Å². The highest BCUT2D eigenvalue weighted by Gasteiger charge is 2.22. The maximum Gasteiger partial charge on any atom is 0.237 e. The fourth-order valence-electron chi connectivity index (χ4n) is 1.79. The molecule has 0 aliphatic carbocycles. The van der Waals surface area contributed by atoms with Crippen molar-refractivity contribution in [3.63, 3.8) is 0 Å². The third kappa shape index (κ3) is 6.01. The molecule has 0 radical (unpaired) electrons. The lowest BCUT2D eigenvalue weighted by atomic mass is 10.1. The minimum atomic E-state index is -0.568. The molecule has 0 saturated heterocycles. The van der Waals surface area contributed by atoms with Crippen molar-refractivity contribution in [3.8, 4) is 0 Å². The molecule has 0 aliphatic heterocycles. The molecule has 0 aromatic heterocycles. The van der Waals surface area contributed by atoms with Gasteiger partial charge in [-0.15, -0.1) is 0 Å². The summed E-state index contributed by atoms with van der Waals surface area (Å²) in [7, 11) is 0. The van der Waals surface area contributed by atoms with Crippen LogP contribution in [0.25, 0.3) is 0 Å². The quantitative estimate of drug-likeness (QED) is 0.772. The van der Waals surface area contributed by atoms with Gasteiger partial charge >= 0.3 is 0 Å². The van der Waals surface area contributed by atoms with E-state index in [1.165, 1.54) is 4.90 Å². The van der Waals surface area contributed by atoms with Gasteiger partial charge in [0.05, 0.1) is 13.0 Å². The monoisotopic (exact) mass is 263 g/mol. The molecule has 0 atom stereocenters. The Morgan fingerprint density at radius 1 is 1.21 bits per heavy atom. The number of nitrogens with zero attached hydrogens (tertiary/aromatic N) is 1. The van der Waals surface area contributed by atoms with Crippen LogP contribution in [-0.4, -0.2) is 35.3 Å². The molecule has 0 saturated carbocycles. The summed E-state index contributed by atoms with van der Waals surface area (Å²) in [6.07, 6.45) is 0.240. The van der Waals surface area contributed by atoms with E-state index in [0.717, 1.165) is 5.56 Å². The zero-order valence-corrected chi connectivity index (χ0v) is 11.4. The number of benzene rings is 1. The van der Waals surface area contributed by atoms with E-state index in [1.807, 2.05) is 30.3 Å². The van der Waals surface area contributed by atoms with Crippen molar-refractivity contribution in [1.82, 2.24) is 4.90 Å². The number of carbonyl (C=O) groups excluding carboxylic acids is 2. The molecule has 104 valence electrons. The molecule has 0 heterocycles.